The summed E-state index contributed by atoms with van der Waals surface area (Å²) in [6.07, 6.45) is 0. The van der Waals surface area contributed by atoms with E-state index in [1.807, 2.05) is 0 Å². The number of aliphatic hydroxyl groups excluding tert-OH is 1. The molecule has 1 heterocycles. The molecule has 6 heteroatoms. The lowest BCUT2D eigenvalue weighted by Gasteiger charge is -2.35. The molecule has 0 unspecified atom stereocenters. The van der Waals surface area contributed by atoms with Crippen molar-refractivity contribution >= 4 is 28.6 Å². The van der Waals surface area contributed by atoms with E-state index >= 15 is 0 Å². The van der Waals surface area contributed by atoms with Crippen LogP contribution in [-0.2, 0) is 4.18 Å². The van der Waals surface area contributed by atoms with Crippen LogP contribution in [0.5, 0.6) is 0 Å². The highest BCUT2D eigenvalue weighted by molar-refractivity contribution is 8.19. The van der Waals surface area contributed by atoms with Gasteiger partial charge in [-0.2, -0.15) is 0 Å². The second-order valence-corrected chi connectivity index (χ2v) is 4.60. The van der Waals surface area contributed by atoms with Crippen LogP contribution in [0.25, 0.3) is 0 Å². The van der Waals surface area contributed by atoms with Gasteiger partial charge in [0, 0.05) is 32.7 Å². The van der Waals surface area contributed by atoms with Gasteiger partial charge < -0.3 is 14.2 Å². The molecule has 4 nitrogen and oxygen atoms in total. The third-order valence-electron chi connectivity index (χ3n) is 2.20. The first-order valence-electron chi connectivity index (χ1n) is 4.60. The molecule has 1 rings (SSSR count). The van der Waals surface area contributed by atoms with Gasteiger partial charge in [-0.1, -0.05) is 12.2 Å². The Balaban J connectivity index is 2.24. The Morgan fingerprint density at radius 1 is 1.43 bits per heavy atom. The molecule has 1 N–H and O–H groups in total. The molecule has 0 radical (unpaired) electrons. The molecule has 0 aromatic carbocycles. The summed E-state index contributed by atoms with van der Waals surface area (Å²) in [6, 6.07) is 0. The monoisotopic (exact) mass is 236 g/mol. The molecule has 82 valence electrons. The highest BCUT2D eigenvalue weighted by Gasteiger charge is 2.18. The summed E-state index contributed by atoms with van der Waals surface area (Å²) < 4.78 is 5.71. The lowest BCUT2D eigenvalue weighted by Crippen LogP contribution is -2.48. The SMILES string of the molecule is COSC(=S)N1CCN(CCO)CC1. The van der Waals surface area contributed by atoms with E-state index in [0.29, 0.717) is 0 Å². The zero-order valence-corrected chi connectivity index (χ0v) is 9.94. The molecule has 0 aromatic rings. The van der Waals surface area contributed by atoms with Crippen molar-refractivity contribution < 1.29 is 9.29 Å². The molecule has 0 spiro atoms. The summed E-state index contributed by atoms with van der Waals surface area (Å²) in [6.45, 7) is 4.77. The summed E-state index contributed by atoms with van der Waals surface area (Å²) >= 11 is 6.41. The van der Waals surface area contributed by atoms with Gasteiger partial charge in [-0.3, -0.25) is 4.90 Å². The van der Waals surface area contributed by atoms with Gasteiger partial charge in [-0.15, -0.1) is 0 Å². The maximum atomic E-state index is 8.77. The van der Waals surface area contributed by atoms with E-state index in [0.717, 1.165) is 37.0 Å². The van der Waals surface area contributed by atoms with Gasteiger partial charge in [-0.25, -0.2) is 0 Å². The summed E-state index contributed by atoms with van der Waals surface area (Å²) in [5.74, 6) is 0. The number of hydrogen-bond donors (Lipinski definition) is 1. The first-order valence-corrected chi connectivity index (χ1v) is 5.75. The fourth-order valence-electron chi connectivity index (χ4n) is 1.42. The molecule has 0 saturated carbocycles. The third kappa shape index (κ3) is 3.70. The van der Waals surface area contributed by atoms with Crippen LogP contribution in [-0.4, -0.2) is 65.7 Å². The fraction of sp³-hybridized carbons (Fsp3) is 0.875. The van der Waals surface area contributed by atoms with E-state index in [2.05, 4.69) is 9.80 Å². The predicted octanol–water partition coefficient (Wildman–Crippen LogP) is 0.176. The largest absolute Gasteiger partial charge is 0.395 e. The molecule has 1 aliphatic heterocycles. The van der Waals surface area contributed by atoms with Gasteiger partial charge in [0.05, 0.1) is 25.8 Å². The average Bonchev–Trinajstić information content (AvgIpc) is 2.20. The van der Waals surface area contributed by atoms with E-state index in [1.54, 1.807) is 7.11 Å². The quantitative estimate of drug-likeness (QED) is 0.556. The van der Waals surface area contributed by atoms with Gasteiger partial charge in [0.15, 0.2) is 4.32 Å². The smallest absolute Gasteiger partial charge is 0.163 e. The Hall–Kier alpha value is 0.120. The maximum absolute atomic E-state index is 8.77. The van der Waals surface area contributed by atoms with Crippen molar-refractivity contribution in [3.05, 3.63) is 0 Å². The Kier molecular flexibility index (Phi) is 5.73. The van der Waals surface area contributed by atoms with Gasteiger partial charge in [0.2, 0.25) is 0 Å². The average molecular weight is 236 g/mol. The van der Waals surface area contributed by atoms with Crippen molar-refractivity contribution in [1.29, 1.82) is 0 Å². The molecule has 0 aliphatic carbocycles. The number of β-amino-alcohol motifs (C(OH)–C–C–N with tert-alkyl or cyclic N) is 1. The van der Waals surface area contributed by atoms with Crippen LogP contribution in [0.2, 0.25) is 0 Å². The lowest BCUT2D eigenvalue weighted by atomic mass is 10.3. The number of rotatable bonds is 3. The van der Waals surface area contributed by atoms with Crippen molar-refractivity contribution in [3.63, 3.8) is 0 Å². The summed E-state index contributed by atoms with van der Waals surface area (Å²) in [5.41, 5.74) is 0. The standard InChI is InChI=1S/C8H16N2O2S2/c1-12-14-8(13)10-4-2-9(3-5-10)6-7-11/h11H,2-7H2,1H3. The third-order valence-corrected chi connectivity index (χ3v) is 3.23. The van der Waals surface area contributed by atoms with Crippen LogP contribution in [0, 0.1) is 0 Å². The minimum atomic E-state index is 0.233. The molecule has 1 saturated heterocycles. The summed E-state index contributed by atoms with van der Waals surface area (Å²) in [7, 11) is 1.62. The number of piperazine rings is 1. The van der Waals surface area contributed by atoms with Gasteiger partial charge in [0.1, 0.15) is 0 Å². The molecule has 14 heavy (non-hydrogen) atoms. The second-order valence-electron chi connectivity index (χ2n) is 3.07. The molecule has 0 atom stereocenters. The first kappa shape index (κ1) is 12.2. The van der Waals surface area contributed by atoms with Crippen molar-refractivity contribution in [2.45, 2.75) is 0 Å². The number of hydrogen-bond acceptors (Lipinski definition) is 5. The minimum Gasteiger partial charge on any atom is -0.395 e. The van der Waals surface area contributed by atoms with E-state index in [9.17, 15) is 0 Å². The molecule has 1 aliphatic rings. The van der Waals surface area contributed by atoms with Crippen LogP contribution >= 0.6 is 24.3 Å². The van der Waals surface area contributed by atoms with Crippen molar-refractivity contribution in [2.24, 2.45) is 0 Å². The predicted molar refractivity (Wildman–Crippen MR) is 62.3 cm³/mol. The molecule has 0 aromatic heterocycles. The van der Waals surface area contributed by atoms with Crippen molar-refractivity contribution in [3.8, 4) is 0 Å². The van der Waals surface area contributed by atoms with E-state index in [1.165, 1.54) is 12.0 Å². The zero-order valence-electron chi connectivity index (χ0n) is 8.31. The normalized spacial score (nSPS) is 18.6. The van der Waals surface area contributed by atoms with Crippen LogP contribution < -0.4 is 0 Å². The Morgan fingerprint density at radius 2 is 2.07 bits per heavy atom. The fourth-order valence-corrected chi connectivity index (χ4v) is 2.24. The van der Waals surface area contributed by atoms with Crippen molar-refractivity contribution in [2.75, 3.05) is 46.4 Å². The number of aliphatic hydroxyl groups is 1. The molecular weight excluding hydrogens is 220 g/mol. The highest BCUT2D eigenvalue weighted by atomic mass is 32.2. The zero-order chi connectivity index (χ0) is 10.4. The molecule has 1 fully saturated rings. The second kappa shape index (κ2) is 6.58. The summed E-state index contributed by atoms with van der Waals surface area (Å²) in [5, 5.41) is 8.77. The van der Waals surface area contributed by atoms with Crippen LogP contribution in [0.15, 0.2) is 0 Å². The van der Waals surface area contributed by atoms with E-state index in [4.69, 9.17) is 21.5 Å². The van der Waals surface area contributed by atoms with E-state index < -0.39 is 0 Å². The number of thiocarbonyl (C=S) groups is 1. The Morgan fingerprint density at radius 3 is 2.57 bits per heavy atom. The topological polar surface area (TPSA) is 35.9 Å². The van der Waals surface area contributed by atoms with Crippen molar-refractivity contribution in [1.82, 2.24) is 9.80 Å². The molecule has 0 amide bonds. The van der Waals surface area contributed by atoms with Gasteiger partial charge in [-0.05, 0) is 0 Å². The summed E-state index contributed by atoms with van der Waals surface area (Å²) in [4.78, 5) is 4.37. The minimum absolute atomic E-state index is 0.233. The first-order chi connectivity index (χ1) is 6.77. The maximum Gasteiger partial charge on any atom is 0.163 e. The number of nitrogens with zero attached hydrogens (tertiary/aromatic N) is 2. The van der Waals surface area contributed by atoms with Gasteiger partial charge >= 0.3 is 0 Å². The highest BCUT2D eigenvalue weighted by Crippen LogP contribution is 2.11. The molecular formula is C8H16N2O2S2. The Labute approximate surface area is 94.4 Å². The van der Waals surface area contributed by atoms with Gasteiger partial charge in [0.25, 0.3) is 0 Å². The van der Waals surface area contributed by atoms with Crippen LogP contribution in [0.4, 0.5) is 0 Å². The lowest BCUT2D eigenvalue weighted by molar-refractivity contribution is 0.149. The van der Waals surface area contributed by atoms with Crippen LogP contribution in [0.1, 0.15) is 0 Å². The van der Waals surface area contributed by atoms with E-state index in [-0.39, 0.29) is 6.61 Å². The molecule has 0 bridgehead atoms. The Bertz CT molecular complexity index is 184. The van der Waals surface area contributed by atoms with Crippen LogP contribution in [0.3, 0.4) is 0 Å².